The average Bonchev–Trinajstić information content (AvgIpc) is 2.17. The Balaban J connectivity index is 2.83. The van der Waals surface area contributed by atoms with Crippen LogP contribution < -0.4 is 5.32 Å². The first kappa shape index (κ1) is 12.7. The van der Waals surface area contributed by atoms with Crippen molar-refractivity contribution in [3.05, 3.63) is 28.7 Å². The molecule has 0 fully saturated rings. The maximum atomic E-state index is 11.7. The summed E-state index contributed by atoms with van der Waals surface area (Å²) in [5.74, 6) is -1.70. The lowest BCUT2D eigenvalue weighted by atomic mass is 9.92. The van der Waals surface area contributed by atoms with Gasteiger partial charge in [-0.2, -0.15) is 0 Å². The van der Waals surface area contributed by atoms with Gasteiger partial charge >= 0.3 is 5.97 Å². The molecule has 0 heterocycles. The van der Waals surface area contributed by atoms with Crippen molar-refractivity contribution in [2.75, 3.05) is 5.32 Å². The lowest BCUT2D eigenvalue weighted by molar-refractivity contribution is -0.151. The molecule has 0 aliphatic heterocycles. The summed E-state index contributed by atoms with van der Waals surface area (Å²) < 4.78 is 0.818. The number of halogens is 1. The van der Waals surface area contributed by atoms with Gasteiger partial charge in [0, 0.05) is 10.2 Å². The van der Waals surface area contributed by atoms with Gasteiger partial charge in [-0.05, 0) is 32.0 Å². The molecular weight excluding hydrogens is 274 g/mol. The van der Waals surface area contributed by atoms with E-state index in [-0.39, 0.29) is 0 Å². The summed E-state index contributed by atoms with van der Waals surface area (Å²) in [7, 11) is 0. The summed E-state index contributed by atoms with van der Waals surface area (Å²) >= 11 is 3.26. The van der Waals surface area contributed by atoms with E-state index < -0.39 is 17.3 Å². The minimum absolute atomic E-state index is 0.543. The molecule has 0 radical (unpaired) electrons. The minimum Gasteiger partial charge on any atom is -0.480 e. The summed E-state index contributed by atoms with van der Waals surface area (Å²) in [6.07, 6.45) is 0. The van der Waals surface area contributed by atoms with Gasteiger partial charge in [0.15, 0.2) is 0 Å². The van der Waals surface area contributed by atoms with Crippen LogP contribution in [0.1, 0.15) is 13.8 Å². The van der Waals surface area contributed by atoms with Crippen molar-refractivity contribution >= 4 is 33.5 Å². The zero-order valence-corrected chi connectivity index (χ0v) is 10.5. The minimum atomic E-state index is -1.44. The maximum absolute atomic E-state index is 11.7. The van der Waals surface area contributed by atoms with Crippen molar-refractivity contribution in [2.45, 2.75) is 13.8 Å². The lowest BCUT2D eigenvalue weighted by Gasteiger charge is -2.18. The van der Waals surface area contributed by atoms with E-state index in [0.717, 1.165) is 4.47 Å². The van der Waals surface area contributed by atoms with E-state index >= 15 is 0 Å². The van der Waals surface area contributed by atoms with Crippen LogP contribution in [0.2, 0.25) is 0 Å². The zero-order valence-electron chi connectivity index (χ0n) is 8.95. The molecule has 4 nitrogen and oxygen atoms in total. The summed E-state index contributed by atoms with van der Waals surface area (Å²) in [5.41, 5.74) is -0.879. The van der Waals surface area contributed by atoms with Crippen LogP contribution in [-0.2, 0) is 9.59 Å². The van der Waals surface area contributed by atoms with E-state index in [1.54, 1.807) is 18.2 Å². The van der Waals surface area contributed by atoms with Gasteiger partial charge in [0.05, 0.1) is 0 Å². The molecule has 0 bridgehead atoms. The molecule has 5 heteroatoms. The van der Waals surface area contributed by atoms with E-state index in [1.807, 2.05) is 6.07 Å². The van der Waals surface area contributed by atoms with Gasteiger partial charge in [-0.3, -0.25) is 9.59 Å². The van der Waals surface area contributed by atoms with Crippen molar-refractivity contribution in [1.29, 1.82) is 0 Å². The standard InChI is InChI=1S/C11H12BrNO3/c1-11(2,10(15)16)9(14)13-8-5-3-4-7(12)6-8/h3-6H,1-2H3,(H,13,14)(H,15,16). The smallest absolute Gasteiger partial charge is 0.318 e. The summed E-state index contributed by atoms with van der Waals surface area (Å²) in [6, 6.07) is 6.97. The number of benzene rings is 1. The van der Waals surface area contributed by atoms with Gasteiger partial charge < -0.3 is 10.4 Å². The predicted octanol–water partition coefficient (Wildman–Crippen LogP) is 2.50. The first-order chi connectivity index (χ1) is 7.34. The molecule has 86 valence electrons. The van der Waals surface area contributed by atoms with Crippen molar-refractivity contribution in [3.8, 4) is 0 Å². The molecule has 0 aromatic heterocycles. The molecule has 0 atom stereocenters. The van der Waals surface area contributed by atoms with Crippen molar-refractivity contribution < 1.29 is 14.7 Å². The Morgan fingerprint density at radius 2 is 2.00 bits per heavy atom. The molecule has 0 aliphatic carbocycles. The highest BCUT2D eigenvalue weighted by molar-refractivity contribution is 9.10. The Hall–Kier alpha value is -1.36. The van der Waals surface area contributed by atoms with E-state index in [4.69, 9.17) is 5.11 Å². The van der Waals surface area contributed by atoms with E-state index in [1.165, 1.54) is 13.8 Å². The average molecular weight is 286 g/mol. The number of carboxylic acids is 1. The molecule has 0 spiro atoms. The molecule has 1 rings (SSSR count). The summed E-state index contributed by atoms with van der Waals surface area (Å²) in [4.78, 5) is 22.5. The molecule has 0 saturated heterocycles. The van der Waals surface area contributed by atoms with Crippen LogP contribution in [0.15, 0.2) is 28.7 Å². The molecule has 0 unspecified atom stereocenters. The van der Waals surface area contributed by atoms with Crippen molar-refractivity contribution in [2.24, 2.45) is 5.41 Å². The van der Waals surface area contributed by atoms with E-state index in [9.17, 15) is 9.59 Å². The Labute approximate surface area is 102 Å². The van der Waals surface area contributed by atoms with Crippen molar-refractivity contribution in [3.63, 3.8) is 0 Å². The molecule has 16 heavy (non-hydrogen) atoms. The molecule has 1 amide bonds. The third-order valence-electron chi connectivity index (χ3n) is 2.18. The van der Waals surface area contributed by atoms with Crippen molar-refractivity contribution in [1.82, 2.24) is 0 Å². The first-order valence-corrected chi connectivity index (χ1v) is 5.44. The number of carbonyl (C=O) groups excluding carboxylic acids is 1. The van der Waals surface area contributed by atoms with Gasteiger partial charge in [0.2, 0.25) is 5.91 Å². The van der Waals surface area contributed by atoms with Crippen LogP contribution in [-0.4, -0.2) is 17.0 Å². The number of carboxylic acid groups (broad SMARTS) is 1. The van der Waals surface area contributed by atoms with E-state index in [2.05, 4.69) is 21.2 Å². The van der Waals surface area contributed by atoms with Gasteiger partial charge in [-0.25, -0.2) is 0 Å². The molecule has 1 aromatic rings. The summed E-state index contributed by atoms with van der Waals surface area (Å²) in [5, 5.41) is 11.4. The fraction of sp³-hybridized carbons (Fsp3) is 0.273. The number of rotatable bonds is 3. The molecule has 2 N–H and O–H groups in total. The first-order valence-electron chi connectivity index (χ1n) is 4.64. The summed E-state index contributed by atoms with van der Waals surface area (Å²) in [6.45, 7) is 2.73. The second-order valence-corrected chi connectivity index (χ2v) is 4.81. The SMILES string of the molecule is CC(C)(C(=O)O)C(=O)Nc1cccc(Br)c1. The highest BCUT2D eigenvalue weighted by atomic mass is 79.9. The van der Waals surface area contributed by atoms with Gasteiger partial charge in [-0.15, -0.1) is 0 Å². The van der Waals surface area contributed by atoms with Gasteiger partial charge in [-0.1, -0.05) is 22.0 Å². The molecule has 0 aliphatic rings. The third-order valence-corrected chi connectivity index (χ3v) is 2.68. The van der Waals surface area contributed by atoms with Gasteiger partial charge in [0.25, 0.3) is 0 Å². The van der Waals surface area contributed by atoms with Crippen LogP contribution in [0, 0.1) is 5.41 Å². The number of aliphatic carboxylic acids is 1. The van der Waals surface area contributed by atoms with Crippen LogP contribution in [0.25, 0.3) is 0 Å². The number of carbonyl (C=O) groups is 2. The number of hydrogen-bond donors (Lipinski definition) is 2. The van der Waals surface area contributed by atoms with E-state index in [0.29, 0.717) is 5.69 Å². The number of anilines is 1. The number of amides is 1. The Morgan fingerprint density at radius 3 is 2.50 bits per heavy atom. The normalized spacial score (nSPS) is 10.9. The monoisotopic (exact) mass is 285 g/mol. The maximum Gasteiger partial charge on any atom is 0.318 e. The molecule has 1 aromatic carbocycles. The second-order valence-electron chi connectivity index (χ2n) is 3.89. The fourth-order valence-corrected chi connectivity index (χ4v) is 1.35. The largest absolute Gasteiger partial charge is 0.480 e. The Morgan fingerprint density at radius 1 is 1.38 bits per heavy atom. The second kappa shape index (κ2) is 4.65. The highest BCUT2D eigenvalue weighted by Crippen LogP contribution is 2.21. The highest BCUT2D eigenvalue weighted by Gasteiger charge is 2.35. The van der Waals surface area contributed by atoms with Crippen LogP contribution in [0.4, 0.5) is 5.69 Å². The quantitative estimate of drug-likeness (QED) is 0.839. The number of hydrogen-bond acceptors (Lipinski definition) is 2. The Bertz CT molecular complexity index is 429. The topological polar surface area (TPSA) is 66.4 Å². The van der Waals surface area contributed by atoms with Crippen LogP contribution in [0.3, 0.4) is 0 Å². The van der Waals surface area contributed by atoms with Crippen LogP contribution in [0.5, 0.6) is 0 Å². The Kier molecular flexibility index (Phi) is 3.70. The fourth-order valence-electron chi connectivity index (χ4n) is 0.951. The third kappa shape index (κ3) is 2.82. The molecule has 0 saturated carbocycles. The van der Waals surface area contributed by atoms with Crippen LogP contribution >= 0.6 is 15.9 Å². The van der Waals surface area contributed by atoms with Gasteiger partial charge in [0.1, 0.15) is 5.41 Å². The predicted molar refractivity (Wildman–Crippen MR) is 64.2 cm³/mol. The number of nitrogens with one attached hydrogen (secondary N) is 1. The zero-order chi connectivity index (χ0) is 12.3. The molecular formula is C11H12BrNO3. The lowest BCUT2D eigenvalue weighted by Crippen LogP contribution is -2.37.